The van der Waals surface area contributed by atoms with Crippen LogP contribution in [0.15, 0.2) is 24.3 Å². The maximum atomic E-state index is 9.35. The van der Waals surface area contributed by atoms with E-state index in [2.05, 4.69) is 10.3 Å². The highest BCUT2D eigenvalue weighted by molar-refractivity contribution is 7.11. The molecule has 1 aromatic heterocycles. The van der Waals surface area contributed by atoms with E-state index in [9.17, 15) is 5.11 Å². The summed E-state index contributed by atoms with van der Waals surface area (Å²) in [5.41, 5.74) is 2.23. The molecule has 0 unspecified atom stereocenters. The molecule has 3 rings (SSSR count). The summed E-state index contributed by atoms with van der Waals surface area (Å²) in [5, 5.41) is 13.8. The summed E-state index contributed by atoms with van der Waals surface area (Å²) in [6.45, 7) is 0.737. The second-order valence-electron chi connectivity index (χ2n) is 4.23. The Labute approximate surface area is 104 Å². The summed E-state index contributed by atoms with van der Waals surface area (Å²) >= 11 is 1.81. The highest BCUT2D eigenvalue weighted by Gasteiger charge is 2.16. The molecule has 88 valence electrons. The van der Waals surface area contributed by atoms with E-state index in [1.54, 1.807) is 12.1 Å². The molecule has 0 aliphatic heterocycles. The molecule has 2 aromatic rings. The number of aromatic hydroxyl groups is 1. The molecule has 0 fully saturated rings. The molecule has 0 radical (unpaired) electrons. The van der Waals surface area contributed by atoms with Crippen molar-refractivity contribution in [2.45, 2.75) is 25.8 Å². The second-order valence-corrected chi connectivity index (χ2v) is 5.40. The fourth-order valence-electron chi connectivity index (χ4n) is 2.11. The van der Waals surface area contributed by atoms with Crippen LogP contribution in [-0.4, -0.2) is 10.1 Å². The van der Waals surface area contributed by atoms with Crippen LogP contribution < -0.4 is 5.32 Å². The average Bonchev–Trinajstić information content (AvgIpc) is 2.86. The van der Waals surface area contributed by atoms with Crippen molar-refractivity contribution >= 4 is 17.0 Å². The topological polar surface area (TPSA) is 45.1 Å². The highest BCUT2D eigenvalue weighted by atomic mass is 32.1. The van der Waals surface area contributed by atoms with Gasteiger partial charge >= 0.3 is 0 Å². The number of hydrogen-bond donors (Lipinski definition) is 2. The summed E-state index contributed by atoms with van der Waals surface area (Å²) in [6.07, 6.45) is 3.59. The van der Waals surface area contributed by atoms with E-state index in [1.807, 2.05) is 23.5 Å². The molecule has 4 heteroatoms. The third kappa shape index (κ3) is 2.26. The second kappa shape index (κ2) is 4.37. The standard InChI is InChI=1S/C13H14N2OS/c16-10-4-1-3-9(7-10)14-8-13-15-11-5-2-6-12(11)17-13/h1,3-4,7,14,16H,2,5-6,8H2. The number of phenolic OH excluding ortho intramolecular Hbond substituents is 1. The molecule has 1 heterocycles. The lowest BCUT2D eigenvalue weighted by Gasteiger charge is -2.04. The van der Waals surface area contributed by atoms with E-state index < -0.39 is 0 Å². The zero-order valence-corrected chi connectivity index (χ0v) is 10.3. The van der Waals surface area contributed by atoms with Crippen LogP contribution in [-0.2, 0) is 19.4 Å². The highest BCUT2D eigenvalue weighted by Crippen LogP contribution is 2.28. The number of nitrogens with zero attached hydrogens (tertiary/aromatic N) is 1. The van der Waals surface area contributed by atoms with E-state index >= 15 is 0 Å². The lowest BCUT2D eigenvalue weighted by molar-refractivity contribution is 0.475. The van der Waals surface area contributed by atoms with Crippen LogP contribution in [0, 0.1) is 0 Å². The normalized spacial score (nSPS) is 13.6. The van der Waals surface area contributed by atoms with Gasteiger partial charge in [-0.15, -0.1) is 11.3 Å². The van der Waals surface area contributed by atoms with Crippen molar-refractivity contribution in [1.29, 1.82) is 0 Å². The molecule has 0 bridgehead atoms. The quantitative estimate of drug-likeness (QED) is 0.875. The summed E-state index contributed by atoms with van der Waals surface area (Å²) in [7, 11) is 0. The monoisotopic (exact) mass is 246 g/mol. The Balaban J connectivity index is 1.67. The zero-order chi connectivity index (χ0) is 11.7. The molecule has 3 nitrogen and oxygen atoms in total. The van der Waals surface area contributed by atoms with Crippen LogP contribution >= 0.6 is 11.3 Å². The van der Waals surface area contributed by atoms with Gasteiger partial charge in [0.1, 0.15) is 10.8 Å². The molecule has 1 aromatic carbocycles. The molecular weight excluding hydrogens is 232 g/mol. The van der Waals surface area contributed by atoms with Gasteiger partial charge in [0.2, 0.25) is 0 Å². The number of phenols is 1. The van der Waals surface area contributed by atoms with Crippen LogP contribution in [0.4, 0.5) is 5.69 Å². The molecule has 1 aliphatic carbocycles. The van der Waals surface area contributed by atoms with Gasteiger partial charge in [0.05, 0.1) is 12.2 Å². The van der Waals surface area contributed by atoms with Gasteiger partial charge in [0, 0.05) is 16.6 Å². The van der Waals surface area contributed by atoms with Gasteiger partial charge in [-0.2, -0.15) is 0 Å². The number of aromatic nitrogens is 1. The minimum Gasteiger partial charge on any atom is -0.508 e. The molecule has 0 saturated carbocycles. The van der Waals surface area contributed by atoms with Crippen molar-refractivity contribution in [2.24, 2.45) is 0 Å². The summed E-state index contributed by atoms with van der Waals surface area (Å²) < 4.78 is 0. The van der Waals surface area contributed by atoms with Gasteiger partial charge in [-0.1, -0.05) is 6.07 Å². The maximum absolute atomic E-state index is 9.35. The number of benzene rings is 1. The predicted octanol–water partition coefficient (Wildman–Crippen LogP) is 2.95. The predicted molar refractivity (Wildman–Crippen MR) is 69.6 cm³/mol. The van der Waals surface area contributed by atoms with Gasteiger partial charge in [0.25, 0.3) is 0 Å². The molecule has 1 aliphatic rings. The minimum absolute atomic E-state index is 0.289. The van der Waals surface area contributed by atoms with Crippen LogP contribution in [0.3, 0.4) is 0 Å². The Hall–Kier alpha value is -1.55. The van der Waals surface area contributed by atoms with Crippen molar-refractivity contribution in [3.8, 4) is 5.75 Å². The fraction of sp³-hybridized carbons (Fsp3) is 0.308. The van der Waals surface area contributed by atoms with Crippen LogP contribution in [0.5, 0.6) is 5.75 Å². The SMILES string of the molecule is Oc1cccc(NCc2nc3c(s2)CCC3)c1. The molecule has 0 amide bonds. The molecule has 0 spiro atoms. The van der Waals surface area contributed by atoms with Gasteiger partial charge in [0.15, 0.2) is 0 Å². The van der Waals surface area contributed by atoms with E-state index in [0.717, 1.165) is 23.7 Å². The maximum Gasteiger partial charge on any atom is 0.117 e. The smallest absolute Gasteiger partial charge is 0.117 e. The average molecular weight is 246 g/mol. The number of aryl methyl sites for hydroxylation is 2. The van der Waals surface area contributed by atoms with Crippen LogP contribution in [0.25, 0.3) is 0 Å². The first-order chi connectivity index (χ1) is 8.31. The molecule has 17 heavy (non-hydrogen) atoms. The Morgan fingerprint density at radius 1 is 1.35 bits per heavy atom. The summed E-state index contributed by atoms with van der Waals surface area (Å²) in [4.78, 5) is 6.08. The van der Waals surface area contributed by atoms with Gasteiger partial charge in [-0.3, -0.25) is 0 Å². The van der Waals surface area contributed by atoms with Crippen LogP contribution in [0.1, 0.15) is 22.0 Å². The van der Waals surface area contributed by atoms with Crippen molar-refractivity contribution in [3.63, 3.8) is 0 Å². The lowest BCUT2D eigenvalue weighted by Crippen LogP contribution is -1.98. The Bertz CT molecular complexity index is 514. The van der Waals surface area contributed by atoms with Crippen molar-refractivity contribution < 1.29 is 5.11 Å². The third-order valence-electron chi connectivity index (χ3n) is 2.93. The first-order valence-corrected chi connectivity index (χ1v) is 6.63. The molecule has 0 saturated heterocycles. The van der Waals surface area contributed by atoms with Crippen molar-refractivity contribution in [1.82, 2.24) is 4.98 Å². The Morgan fingerprint density at radius 3 is 3.12 bits per heavy atom. The first kappa shape index (κ1) is 10.6. The number of thiazole rings is 1. The number of nitrogens with one attached hydrogen (secondary N) is 1. The number of fused-ring (bicyclic) bond motifs is 1. The Kier molecular flexibility index (Phi) is 2.73. The fourth-order valence-corrected chi connectivity index (χ4v) is 3.21. The van der Waals surface area contributed by atoms with E-state index in [0.29, 0.717) is 0 Å². The van der Waals surface area contributed by atoms with Crippen LogP contribution in [0.2, 0.25) is 0 Å². The van der Waals surface area contributed by atoms with Gasteiger partial charge < -0.3 is 10.4 Å². The third-order valence-corrected chi connectivity index (χ3v) is 4.09. The van der Waals surface area contributed by atoms with Gasteiger partial charge in [-0.25, -0.2) is 4.98 Å². The Morgan fingerprint density at radius 2 is 2.29 bits per heavy atom. The van der Waals surface area contributed by atoms with Gasteiger partial charge in [-0.05, 0) is 31.4 Å². The first-order valence-electron chi connectivity index (χ1n) is 5.81. The van der Waals surface area contributed by atoms with E-state index in [-0.39, 0.29) is 5.75 Å². The number of rotatable bonds is 3. The summed E-state index contributed by atoms with van der Waals surface area (Å²) in [5.74, 6) is 0.289. The van der Waals surface area contributed by atoms with Crippen molar-refractivity contribution in [2.75, 3.05) is 5.32 Å². The molecule has 2 N–H and O–H groups in total. The number of anilines is 1. The molecule has 0 atom stereocenters. The van der Waals surface area contributed by atoms with E-state index in [4.69, 9.17) is 0 Å². The van der Waals surface area contributed by atoms with E-state index in [1.165, 1.54) is 23.4 Å². The number of hydrogen-bond acceptors (Lipinski definition) is 4. The minimum atomic E-state index is 0.289. The largest absolute Gasteiger partial charge is 0.508 e. The van der Waals surface area contributed by atoms with Crippen molar-refractivity contribution in [3.05, 3.63) is 39.8 Å². The summed E-state index contributed by atoms with van der Waals surface area (Å²) in [6, 6.07) is 7.17. The zero-order valence-electron chi connectivity index (χ0n) is 9.44. The lowest BCUT2D eigenvalue weighted by atomic mass is 10.3. The molecular formula is C13H14N2OS.